The van der Waals surface area contributed by atoms with Crippen molar-refractivity contribution in [3.63, 3.8) is 0 Å². The average molecular weight is 259 g/mol. The number of rotatable bonds is 6. The summed E-state index contributed by atoms with van der Waals surface area (Å²) in [6.07, 6.45) is 2.71. The summed E-state index contributed by atoms with van der Waals surface area (Å²) < 4.78 is 5.15. The Hall–Kier alpha value is -1.81. The van der Waals surface area contributed by atoms with E-state index in [1.807, 2.05) is 18.3 Å². The number of hydrogen-bond donors (Lipinski definition) is 2. The van der Waals surface area contributed by atoms with Gasteiger partial charge in [-0.25, -0.2) is 4.98 Å². The Labute approximate surface area is 114 Å². The second-order valence-electron chi connectivity index (χ2n) is 4.92. The molecule has 2 rings (SSSR count). The van der Waals surface area contributed by atoms with E-state index in [9.17, 15) is 0 Å². The van der Waals surface area contributed by atoms with Crippen LogP contribution in [-0.4, -0.2) is 23.1 Å². The molecule has 0 spiro atoms. The van der Waals surface area contributed by atoms with Gasteiger partial charge < -0.3 is 15.0 Å². The van der Waals surface area contributed by atoms with E-state index in [1.54, 1.807) is 7.11 Å². The Kier molecular flexibility index (Phi) is 4.58. The van der Waals surface area contributed by atoms with E-state index < -0.39 is 0 Å². The molecule has 0 amide bonds. The summed E-state index contributed by atoms with van der Waals surface area (Å²) >= 11 is 0. The molecule has 2 aromatic rings. The predicted molar refractivity (Wildman–Crippen MR) is 76.4 cm³/mol. The molecular weight excluding hydrogens is 238 g/mol. The third kappa shape index (κ3) is 4.10. The van der Waals surface area contributed by atoms with Gasteiger partial charge in [-0.1, -0.05) is 26.0 Å². The molecule has 0 radical (unpaired) electrons. The summed E-state index contributed by atoms with van der Waals surface area (Å²) in [4.78, 5) is 7.75. The minimum atomic E-state index is 0.480. The van der Waals surface area contributed by atoms with Crippen LogP contribution in [0.1, 0.15) is 30.9 Å². The lowest BCUT2D eigenvalue weighted by atomic mass is 10.1. The van der Waals surface area contributed by atoms with Gasteiger partial charge in [-0.3, -0.25) is 0 Å². The van der Waals surface area contributed by atoms with Crippen molar-refractivity contribution in [2.45, 2.75) is 32.9 Å². The largest absolute Gasteiger partial charge is 0.497 e. The number of nitrogens with one attached hydrogen (secondary N) is 2. The van der Waals surface area contributed by atoms with Gasteiger partial charge in [0.15, 0.2) is 0 Å². The lowest BCUT2D eigenvalue weighted by molar-refractivity contribution is 0.414. The summed E-state index contributed by atoms with van der Waals surface area (Å²) in [7, 11) is 1.68. The molecule has 0 saturated heterocycles. The molecule has 2 N–H and O–H groups in total. The van der Waals surface area contributed by atoms with Crippen molar-refractivity contribution in [1.82, 2.24) is 15.3 Å². The first kappa shape index (κ1) is 13.6. The maximum absolute atomic E-state index is 5.15. The molecular formula is C15H21N3O. The zero-order valence-corrected chi connectivity index (χ0v) is 11.7. The number of aromatic amines is 1. The molecule has 1 heterocycles. The van der Waals surface area contributed by atoms with E-state index in [1.165, 1.54) is 5.56 Å². The van der Waals surface area contributed by atoms with Crippen LogP contribution in [0.2, 0.25) is 0 Å². The number of imidazole rings is 1. The SMILES string of the molecule is COc1ccc(Cc2ncc(CNC(C)C)[nH]2)cc1. The highest BCUT2D eigenvalue weighted by atomic mass is 16.5. The fourth-order valence-electron chi connectivity index (χ4n) is 1.84. The van der Waals surface area contributed by atoms with Crippen molar-refractivity contribution in [3.05, 3.63) is 47.5 Å². The number of hydrogen-bond acceptors (Lipinski definition) is 3. The Morgan fingerprint density at radius 3 is 2.63 bits per heavy atom. The third-order valence-electron chi connectivity index (χ3n) is 2.91. The number of nitrogens with zero attached hydrogens (tertiary/aromatic N) is 1. The second-order valence-corrected chi connectivity index (χ2v) is 4.92. The van der Waals surface area contributed by atoms with Gasteiger partial charge in [0.25, 0.3) is 0 Å². The number of H-pyrrole nitrogens is 1. The molecule has 0 fully saturated rings. The maximum Gasteiger partial charge on any atom is 0.118 e. The van der Waals surface area contributed by atoms with Gasteiger partial charge in [-0.15, -0.1) is 0 Å². The molecule has 19 heavy (non-hydrogen) atoms. The monoisotopic (exact) mass is 259 g/mol. The third-order valence-corrected chi connectivity index (χ3v) is 2.91. The van der Waals surface area contributed by atoms with Gasteiger partial charge in [0.05, 0.1) is 7.11 Å². The second kappa shape index (κ2) is 6.38. The number of methoxy groups -OCH3 is 1. The van der Waals surface area contributed by atoms with Crippen LogP contribution in [0, 0.1) is 0 Å². The Morgan fingerprint density at radius 1 is 1.26 bits per heavy atom. The predicted octanol–water partition coefficient (Wildman–Crippen LogP) is 2.51. The van der Waals surface area contributed by atoms with Crippen molar-refractivity contribution in [1.29, 1.82) is 0 Å². The van der Waals surface area contributed by atoms with Crippen LogP contribution in [0.5, 0.6) is 5.75 Å². The van der Waals surface area contributed by atoms with Gasteiger partial charge in [0.2, 0.25) is 0 Å². The van der Waals surface area contributed by atoms with Crippen LogP contribution < -0.4 is 10.1 Å². The number of benzene rings is 1. The molecule has 0 unspecified atom stereocenters. The number of ether oxygens (including phenoxy) is 1. The topological polar surface area (TPSA) is 49.9 Å². The Balaban J connectivity index is 1.95. The van der Waals surface area contributed by atoms with Gasteiger partial charge in [-0.2, -0.15) is 0 Å². The summed E-state index contributed by atoms with van der Waals surface area (Å²) in [5.41, 5.74) is 2.34. The van der Waals surface area contributed by atoms with Gasteiger partial charge in [0, 0.05) is 30.9 Å². The zero-order chi connectivity index (χ0) is 13.7. The lowest BCUT2D eigenvalue weighted by Gasteiger charge is -2.05. The van der Waals surface area contributed by atoms with E-state index in [2.05, 4.69) is 41.3 Å². The van der Waals surface area contributed by atoms with E-state index in [4.69, 9.17) is 4.74 Å². The zero-order valence-electron chi connectivity index (χ0n) is 11.7. The minimum absolute atomic E-state index is 0.480. The van der Waals surface area contributed by atoms with Crippen molar-refractivity contribution in [3.8, 4) is 5.75 Å². The van der Waals surface area contributed by atoms with E-state index in [-0.39, 0.29) is 0 Å². The Morgan fingerprint density at radius 2 is 2.00 bits per heavy atom. The highest BCUT2D eigenvalue weighted by molar-refractivity contribution is 5.28. The molecule has 0 bridgehead atoms. The molecule has 1 aromatic carbocycles. The van der Waals surface area contributed by atoms with Crippen LogP contribution in [-0.2, 0) is 13.0 Å². The maximum atomic E-state index is 5.15. The quantitative estimate of drug-likeness (QED) is 0.838. The molecule has 0 aliphatic carbocycles. The van der Waals surface area contributed by atoms with Crippen LogP contribution >= 0.6 is 0 Å². The lowest BCUT2D eigenvalue weighted by Crippen LogP contribution is -2.21. The van der Waals surface area contributed by atoms with Gasteiger partial charge in [-0.05, 0) is 17.7 Å². The first-order chi connectivity index (χ1) is 9.17. The van der Waals surface area contributed by atoms with Gasteiger partial charge in [0.1, 0.15) is 11.6 Å². The van der Waals surface area contributed by atoms with E-state index >= 15 is 0 Å². The molecule has 0 aliphatic heterocycles. The standard InChI is InChI=1S/C15H21N3O/c1-11(2)16-9-13-10-17-15(18-13)8-12-4-6-14(19-3)7-5-12/h4-7,10-11,16H,8-9H2,1-3H3,(H,17,18). The minimum Gasteiger partial charge on any atom is -0.497 e. The first-order valence-corrected chi connectivity index (χ1v) is 6.56. The van der Waals surface area contributed by atoms with Gasteiger partial charge >= 0.3 is 0 Å². The van der Waals surface area contributed by atoms with E-state index in [0.717, 1.165) is 30.2 Å². The van der Waals surface area contributed by atoms with E-state index in [0.29, 0.717) is 6.04 Å². The molecule has 4 heteroatoms. The van der Waals surface area contributed by atoms with Crippen LogP contribution in [0.4, 0.5) is 0 Å². The fourth-order valence-corrected chi connectivity index (χ4v) is 1.84. The normalized spacial score (nSPS) is 10.9. The summed E-state index contributed by atoms with van der Waals surface area (Å²) in [5.74, 6) is 1.87. The molecule has 102 valence electrons. The summed E-state index contributed by atoms with van der Waals surface area (Å²) in [6.45, 7) is 5.09. The molecule has 1 aromatic heterocycles. The van der Waals surface area contributed by atoms with Crippen LogP contribution in [0.15, 0.2) is 30.5 Å². The molecule has 0 atom stereocenters. The molecule has 0 aliphatic rings. The highest BCUT2D eigenvalue weighted by Crippen LogP contribution is 2.13. The molecule has 0 saturated carbocycles. The van der Waals surface area contributed by atoms with Crippen molar-refractivity contribution in [2.75, 3.05) is 7.11 Å². The molecule has 4 nitrogen and oxygen atoms in total. The van der Waals surface area contributed by atoms with Crippen molar-refractivity contribution >= 4 is 0 Å². The smallest absolute Gasteiger partial charge is 0.118 e. The summed E-state index contributed by atoms with van der Waals surface area (Å²) in [6, 6.07) is 8.55. The van der Waals surface area contributed by atoms with Crippen LogP contribution in [0.25, 0.3) is 0 Å². The Bertz CT molecular complexity index is 502. The number of aromatic nitrogens is 2. The summed E-state index contributed by atoms with van der Waals surface area (Å²) in [5, 5.41) is 3.37. The van der Waals surface area contributed by atoms with Crippen LogP contribution in [0.3, 0.4) is 0 Å². The van der Waals surface area contributed by atoms with Crippen molar-refractivity contribution in [2.24, 2.45) is 0 Å². The first-order valence-electron chi connectivity index (χ1n) is 6.56. The average Bonchev–Trinajstić information content (AvgIpc) is 2.85. The van der Waals surface area contributed by atoms with Crippen molar-refractivity contribution < 1.29 is 4.74 Å². The highest BCUT2D eigenvalue weighted by Gasteiger charge is 2.03. The fraction of sp³-hybridized carbons (Fsp3) is 0.400.